The number of anilines is 1. The Labute approximate surface area is 202 Å². The lowest BCUT2D eigenvalue weighted by atomic mass is 10.0. The maximum Gasteiger partial charge on any atom is 0.256 e. The predicted octanol–water partition coefficient (Wildman–Crippen LogP) is 2.02. The molecule has 0 spiro atoms. The van der Waals surface area contributed by atoms with E-state index in [1.807, 2.05) is 0 Å². The van der Waals surface area contributed by atoms with Crippen LogP contribution in [-0.4, -0.2) is 58.2 Å². The predicted molar refractivity (Wildman–Crippen MR) is 130 cm³/mol. The van der Waals surface area contributed by atoms with Crippen LogP contribution in [0.5, 0.6) is 0 Å². The summed E-state index contributed by atoms with van der Waals surface area (Å²) in [7, 11) is 0. The average Bonchev–Trinajstić information content (AvgIpc) is 3.22. The van der Waals surface area contributed by atoms with Crippen LogP contribution >= 0.6 is 0 Å². The van der Waals surface area contributed by atoms with Crippen molar-refractivity contribution in [1.29, 1.82) is 0 Å². The van der Waals surface area contributed by atoms with Gasteiger partial charge in [-0.15, -0.1) is 0 Å². The Hall–Kier alpha value is -3.50. The first-order chi connectivity index (χ1) is 16.6. The Morgan fingerprint density at radius 3 is 2.63 bits per heavy atom. The third kappa shape index (κ3) is 6.34. The number of fused-ring (bicyclic) bond motifs is 1. The van der Waals surface area contributed by atoms with Crippen molar-refractivity contribution >= 4 is 35.1 Å². The highest BCUT2D eigenvalue weighted by Crippen LogP contribution is 2.34. The summed E-state index contributed by atoms with van der Waals surface area (Å²) in [6, 6.07) is 4.06. The Bertz CT molecular complexity index is 1160. The summed E-state index contributed by atoms with van der Waals surface area (Å²) in [5.41, 5.74) is 3.48. The van der Waals surface area contributed by atoms with Crippen LogP contribution in [0.2, 0.25) is 0 Å². The molecule has 3 amide bonds. The van der Waals surface area contributed by atoms with Gasteiger partial charge in [0.2, 0.25) is 5.91 Å². The molecule has 0 saturated carbocycles. The number of rotatable bonds is 10. The molecule has 1 aliphatic heterocycles. The number of aliphatic hydroxyl groups excluding tert-OH is 2. The van der Waals surface area contributed by atoms with Gasteiger partial charge in [-0.05, 0) is 63.5 Å². The molecule has 0 aliphatic carbocycles. The molecule has 1 aromatic heterocycles. The van der Waals surface area contributed by atoms with Gasteiger partial charge in [0, 0.05) is 35.7 Å². The summed E-state index contributed by atoms with van der Waals surface area (Å²) >= 11 is 0. The van der Waals surface area contributed by atoms with Crippen molar-refractivity contribution < 1.29 is 29.0 Å². The van der Waals surface area contributed by atoms with Crippen LogP contribution in [0.3, 0.4) is 0 Å². The fourth-order valence-corrected chi connectivity index (χ4v) is 4.15. The number of hydrogen-bond acceptors (Lipinski definition) is 5. The van der Waals surface area contributed by atoms with Crippen molar-refractivity contribution in [2.75, 3.05) is 18.4 Å². The molecule has 2 atom stereocenters. The summed E-state index contributed by atoms with van der Waals surface area (Å²) < 4.78 is 13.7. The fourth-order valence-electron chi connectivity index (χ4n) is 4.15. The number of benzene rings is 1. The maximum absolute atomic E-state index is 13.7. The number of aromatic nitrogens is 1. The lowest BCUT2D eigenvalue weighted by Crippen LogP contribution is -2.31. The maximum atomic E-state index is 13.7. The van der Waals surface area contributed by atoms with Gasteiger partial charge < -0.3 is 31.1 Å². The van der Waals surface area contributed by atoms with Gasteiger partial charge >= 0.3 is 0 Å². The summed E-state index contributed by atoms with van der Waals surface area (Å²) in [5, 5.41) is 28.1. The van der Waals surface area contributed by atoms with Gasteiger partial charge in [0.15, 0.2) is 0 Å². The van der Waals surface area contributed by atoms with Crippen LogP contribution in [0.15, 0.2) is 18.2 Å². The Kier molecular flexibility index (Phi) is 8.42. The van der Waals surface area contributed by atoms with Crippen LogP contribution in [0.25, 0.3) is 11.6 Å². The molecule has 0 saturated heterocycles. The van der Waals surface area contributed by atoms with E-state index < -0.39 is 18.0 Å². The molecular formula is C25H31FN4O5. The molecule has 9 nitrogen and oxygen atoms in total. The van der Waals surface area contributed by atoms with E-state index in [0.29, 0.717) is 45.9 Å². The minimum atomic E-state index is -0.969. The normalized spacial score (nSPS) is 15.5. The number of carbonyl (C=O) groups is 3. The van der Waals surface area contributed by atoms with Gasteiger partial charge in [-0.3, -0.25) is 14.4 Å². The van der Waals surface area contributed by atoms with Crippen molar-refractivity contribution in [3.05, 3.63) is 52.1 Å². The van der Waals surface area contributed by atoms with E-state index in [2.05, 4.69) is 20.9 Å². The summed E-state index contributed by atoms with van der Waals surface area (Å²) in [5.74, 6) is -1.44. The fraction of sp³-hybridized carbons (Fsp3) is 0.400. The van der Waals surface area contributed by atoms with Gasteiger partial charge in [-0.25, -0.2) is 4.39 Å². The zero-order chi connectivity index (χ0) is 25.7. The van der Waals surface area contributed by atoms with E-state index in [-0.39, 0.29) is 43.5 Å². The van der Waals surface area contributed by atoms with Crippen LogP contribution in [0.1, 0.15) is 59.1 Å². The molecule has 6 N–H and O–H groups in total. The highest BCUT2D eigenvalue weighted by Gasteiger charge is 2.26. The van der Waals surface area contributed by atoms with E-state index in [9.17, 15) is 29.0 Å². The van der Waals surface area contributed by atoms with Crippen molar-refractivity contribution in [2.24, 2.45) is 0 Å². The largest absolute Gasteiger partial charge is 0.393 e. The van der Waals surface area contributed by atoms with E-state index in [1.54, 1.807) is 26.8 Å². The molecule has 2 heterocycles. The van der Waals surface area contributed by atoms with E-state index in [1.165, 1.54) is 18.2 Å². The van der Waals surface area contributed by atoms with Crippen LogP contribution < -0.4 is 16.0 Å². The van der Waals surface area contributed by atoms with Crippen molar-refractivity contribution in [3.8, 4) is 0 Å². The van der Waals surface area contributed by atoms with Crippen molar-refractivity contribution in [2.45, 2.75) is 52.2 Å². The second kappa shape index (κ2) is 11.3. The number of aromatic amines is 1. The minimum absolute atomic E-state index is 0.0249. The number of aliphatic hydroxyl groups is 2. The number of nitrogens with one attached hydrogen (secondary N) is 4. The number of aryl methyl sites for hydroxylation is 1. The number of carbonyl (C=O) groups excluding carboxylic acids is 3. The Balaban J connectivity index is 1.62. The summed E-state index contributed by atoms with van der Waals surface area (Å²) in [4.78, 5) is 39.8. The molecule has 0 bridgehead atoms. The first-order valence-corrected chi connectivity index (χ1v) is 11.5. The quantitative estimate of drug-likeness (QED) is 0.285. The van der Waals surface area contributed by atoms with Crippen LogP contribution in [0.4, 0.5) is 10.1 Å². The Morgan fingerprint density at radius 2 is 1.91 bits per heavy atom. The molecular weight excluding hydrogens is 455 g/mol. The molecule has 3 rings (SSSR count). The van der Waals surface area contributed by atoms with Gasteiger partial charge in [-0.2, -0.15) is 0 Å². The SMILES string of the molecule is CCNC(=O)C[C@H](O)C[C@H](O)CCNC(=O)c1c(C)[nH]c(C=C2C(=O)Nc3ccc(F)cc32)c1C. The molecule has 0 radical (unpaired) electrons. The first kappa shape index (κ1) is 26.1. The highest BCUT2D eigenvalue weighted by atomic mass is 19.1. The summed E-state index contributed by atoms with van der Waals surface area (Å²) in [6.07, 6.45) is -0.110. The zero-order valence-corrected chi connectivity index (χ0v) is 20.0. The molecule has 0 unspecified atom stereocenters. The molecule has 35 heavy (non-hydrogen) atoms. The van der Waals surface area contributed by atoms with Crippen molar-refractivity contribution in [1.82, 2.24) is 15.6 Å². The molecule has 2 aromatic rings. The van der Waals surface area contributed by atoms with Crippen LogP contribution in [0, 0.1) is 19.7 Å². The number of hydrogen-bond donors (Lipinski definition) is 6. The standard InChI is InChI=1S/C25H31FN4O5/c1-4-27-22(33)11-17(32)10-16(31)7-8-28-25(35)23-13(2)21(29-14(23)3)12-19-18-9-15(26)5-6-20(18)30-24(19)34/h5-6,9,12,16-17,29,31-32H,4,7-8,10-11H2,1-3H3,(H,27,33)(H,28,35)(H,30,34)/t16-,17-/m1/s1. The summed E-state index contributed by atoms with van der Waals surface area (Å²) in [6.45, 7) is 5.90. The highest BCUT2D eigenvalue weighted by molar-refractivity contribution is 6.34. The van der Waals surface area contributed by atoms with E-state index in [0.717, 1.165) is 0 Å². The molecule has 1 aliphatic rings. The number of halogens is 1. The first-order valence-electron chi connectivity index (χ1n) is 11.5. The van der Waals surface area contributed by atoms with E-state index in [4.69, 9.17) is 0 Å². The minimum Gasteiger partial charge on any atom is -0.393 e. The molecule has 1 aromatic carbocycles. The second-order valence-electron chi connectivity index (χ2n) is 8.61. The molecule has 0 fully saturated rings. The molecule has 188 valence electrons. The number of amides is 3. The smallest absolute Gasteiger partial charge is 0.256 e. The van der Waals surface area contributed by atoms with Gasteiger partial charge in [0.05, 0.1) is 29.8 Å². The van der Waals surface area contributed by atoms with Crippen molar-refractivity contribution in [3.63, 3.8) is 0 Å². The lowest BCUT2D eigenvalue weighted by molar-refractivity contribution is -0.123. The second-order valence-corrected chi connectivity index (χ2v) is 8.61. The van der Waals surface area contributed by atoms with Gasteiger partial charge in [0.25, 0.3) is 11.8 Å². The van der Waals surface area contributed by atoms with E-state index >= 15 is 0 Å². The monoisotopic (exact) mass is 486 g/mol. The zero-order valence-electron chi connectivity index (χ0n) is 20.0. The van der Waals surface area contributed by atoms with Gasteiger partial charge in [0.1, 0.15) is 5.82 Å². The lowest BCUT2D eigenvalue weighted by Gasteiger charge is -2.15. The third-order valence-electron chi connectivity index (χ3n) is 5.86. The third-order valence-corrected chi connectivity index (χ3v) is 5.86. The van der Waals surface area contributed by atoms with Gasteiger partial charge in [-0.1, -0.05) is 0 Å². The van der Waals surface area contributed by atoms with Crippen LogP contribution in [-0.2, 0) is 9.59 Å². The number of H-pyrrole nitrogens is 1. The Morgan fingerprint density at radius 1 is 1.17 bits per heavy atom. The topological polar surface area (TPSA) is 144 Å². The molecule has 10 heteroatoms. The average molecular weight is 487 g/mol.